The van der Waals surface area contributed by atoms with Gasteiger partial charge in [0.2, 0.25) is 0 Å². The summed E-state index contributed by atoms with van der Waals surface area (Å²) in [7, 11) is 0. The fraction of sp³-hybridized carbons (Fsp3) is 0.889. The molecule has 0 aliphatic heterocycles. The Morgan fingerprint density at radius 1 is 1.45 bits per heavy atom. The van der Waals surface area contributed by atoms with Gasteiger partial charge in [0.15, 0.2) is 0 Å². The van der Waals surface area contributed by atoms with Crippen molar-refractivity contribution in [3.8, 4) is 0 Å². The molecule has 66 valence electrons. The Morgan fingerprint density at radius 3 is 2.64 bits per heavy atom. The molecule has 0 aliphatic rings. The molecule has 0 heterocycles. The number of rotatable bonds is 6. The second-order valence-electron chi connectivity index (χ2n) is 2.64. The summed E-state index contributed by atoms with van der Waals surface area (Å²) >= 11 is 0. The molecule has 0 unspecified atom stereocenters. The molecule has 0 rings (SSSR count). The minimum Gasteiger partial charge on any atom is -0.393 e. The summed E-state index contributed by atoms with van der Waals surface area (Å²) in [5.74, 6) is 0. The van der Waals surface area contributed by atoms with Crippen LogP contribution in [0.15, 0.2) is 5.16 Å². The van der Waals surface area contributed by atoms with E-state index in [0.29, 0.717) is 6.10 Å². The van der Waals surface area contributed by atoms with Gasteiger partial charge in [-0.1, -0.05) is 25.4 Å². The van der Waals surface area contributed by atoms with Crippen molar-refractivity contribution in [1.29, 1.82) is 0 Å². The molecule has 2 nitrogen and oxygen atoms in total. The first kappa shape index (κ1) is 10.5. The fourth-order valence-electron chi connectivity index (χ4n) is 0.910. The van der Waals surface area contributed by atoms with Crippen molar-refractivity contribution in [2.24, 2.45) is 5.16 Å². The Balaban J connectivity index is 3.40. The van der Waals surface area contributed by atoms with Crippen LogP contribution in [0.1, 0.15) is 46.5 Å². The van der Waals surface area contributed by atoms with Gasteiger partial charge in [0, 0.05) is 6.21 Å². The molecule has 0 aromatic heterocycles. The summed E-state index contributed by atoms with van der Waals surface area (Å²) in [4.78, 5) is 5.21. The Morgan fingerprint density at radius 2 is 2.18 bits per heavy atom. The molecule has 0 N–H and O–H groups in total. The van der Waals surface area contributed by atoms with Gasteiger partial charge in [-0.25, -0.2) is 0 Å². The van der Waals surface area contributed by atoms with Crippen molar-refractivity contribution in [1.82, 2.24) is 0 Å². The summed E-state index contributed by atoms with van der Waals surface area (Å²) in [5, 5.41) is 3.77. The molecule has 2 heteroatoms. The molecule has 0 aliphatic carbocycles. The zero-order valence-electron chi connectivity index (χ0n) is 7.84. The number of unbranched alkanes of at least 4 members (excludes halogenated alkanes) is 1. The molecule has 0 fully saturated rings. The van der Waals surface area contributed by atoms with Crippen LogP contribution in [0.5, 0.6) is 0 Å². The van der Waals surface area contributed by atoms with Gasteiger partial charge in [0.1, 0.15) is 6.10 Å². The van der Waals surface area contributed by atoms with E-state index in [1.165, 1.54) is 12.8 Å². The van der Waals surface area contributed by atoms with Gasteiger partial charge in [0.05, 0.1) is 0 Å². The van der Waals surface area contributed by atoms with Crippen LogP contribution < -0.4 is 0 Å². The third kappa shape index (κ3) is 5.89. The van der Waals surface area contributed by atoms with Gasteiger partial charge in [-0.2, -0.15) is 0 Å². The van der Waals surface area contributed by atoms with Crippen molar-refractivity contribution in [2.75, 3.05) is 0 Å². The van der Waals surface area contributed by atoms with Crippen molar-refractivity contribution < 1.29 is 4.84 Å². The maximum atomic E-state index is 5.21. The highest BCUT2D eigenvalue weighted by atomic mass is 16.6. The van der Waals surface area contributed by atoms with E-state index >= 15 is 0 Å². The summed E-state index contributed by atoms with van der Waals surface area (Å²) < 4.78 is 0. The van der Waals surface area contributed by atoms with E-state index < -0.39 is 0 Å². The van der Waals surface area contributed by atoms with Crippen LogP contribution in [0, 0.1) is 0 Å². The maximum Gasteiger partial charge on any atom is 0.127 e. The number of hydrogen-bond donors (Lipinski definition) is 0. The molecular formula is C9H19NO. The minimum atomic E-state index is 0.325. The van der Waals surface area contributed by atoms with E-state index in [1.54, 1.807) is 6.21 Å². The van der Waals surface area contributed by atoms with Gasteiger partial charge in [-0.15, -0.1) is 0 Å². The minimum absolute atomic E-state index is 0.325. The number of nitrogens with zero attached hydrogens (tertiary/aromatic N) is 1. The van der Waals surface area contributed by atoms with Gasteiger partial charge < -0.3 is 4.84 Å². The van der Waals surface area contributed by atoms with Crippen LogP contribution >= 0.6 is 0 Å². The lowest BCUT2D eigenvalue weighted by atomic mass is 10.1. The normalized spacial score (nSPS) is 13.7. The Hall–Kier alpha value is -0.530. The number of hydrogen-bond acceptors (Lipinski definition) is 2. The lowest BCUT2D eigenvalue weighted by Gasteiger charge is -2.11. The lowest BCUT2D eigenvalue weighted by molar-refractivity contribution is 0.0497. The molecule has 0 spiro atoms. The first-order valence-electron chi connectivity index (χ1n) is 4.48. The predicted octanol–water partition coefficient (Wildman–Crippen LogP) is 2.98. The fourth-order valence-corrected chi connectivity index (χ4v) is 0.910. The average Bonchev–Trinajstić information content (AvgIpc) is 2.05. The topological polar surface area (TPSA) is 21.6 Å². The Bertz CT molecular complexity index is 102. The Kier molecular flexibility index (Phi) is 7.21. The average molecular weight is 157 g/mol. The van der Waals surface area contributed by atoms with Crippen LogP contribution in [0.25, 0.3) is 0 Å². The van der Waals surface area contributed by atoms with Gasteiger partial charge >= 0.3 is 0 Å². The summed E-state index contributed by atoms with van der Waals surface area (Å²) in [6.07, 6.45) is 6.66. The van der Waals surface area contributed by atoms with Crippen molar-refractivity contribution in [3.63, 3.8) is 0 Å². The van der Waals surface area contributed by atoms with Crippen LogP contribution in [0.2, 0.25) is 0 Å². The van der Waals surface area contributed by atoms with E-state index in [1.807, 2.05) is 6.92 Å². The molecule has 0 saturated heterocycles. The van der Waals surface area contributed by atoms with Crippen molar-refractivity contribution in [2.45, 2.75) is 52.6 Å². The Labute approximate surface area is 69.6 Å². The highest BCUT2D eigenvalue weighted by Gasteiger charge is 2.04. The molecule has 0 aromatic rings. The summed E-state index contributed by atoms with van der Waals surface area (Å²) in [6.45, 7) is 6.19. The largest absolute Gasteiger partial charge is 0.393 e. The van der Waals surface area contributed by atoms with Gasteiger partial charge in [-0.05, 0) is 26.2 Å². The quantitative estimate of drug-likeness (QED) is 0.429. The van der Waals surface area contributed by atoms with E-state index in [0.717, 1.165) is 12.8 Å². The lowest BCUT2D eigenvalue weighted by Crippen LogP contribution is -2.07. The van der Waals surface area contributed by atoms with E-state index in [4.69, 9.17) is 4.84 Å². The molecule has 1 atom stereocenters. The first-order chi connectivity index (χ1) is 5.35. The SMILES string of the molecule is C/C=N/O[C@@H](CC)CCCC. The van der Waals surface area contributed by atoms with Crippen LogP contribution in [0.4, 0.5) is 0 Å². The van der Waals surface area contributed by atoms with Gasteiger partial charge in [0.25, 0.3) is 0 Å². The molecular weight excluding hydrogens is 138 g/mol. The van der Waals surface area contributed by atoms with E-state index in [9.17, 15) is 0 Å². The molecule has 0 saturated carbocycles. The third-order valence-corrected chi connectivity index (χ3v) is 1.65. The third-order valence-electron chi connectivity index (χ3n) is 1.65. The smallest absolute Gasteiger partial charge is 0.127 e. The van der Waals surface area contributed by atoms with Crippen molar-refractivity contribution >= 4 is 6.21 Å². The second-order valence-corrected chi connectivity index (χ2v) is 2.64. The van der Waals surface area contributed by atoms with Crippen LogP contribution in [0.3, 0.4) is 0 Å². The molecule has 0 amide bonds. The second kappa shape index (κ2) is 7.58. The highest BCUT2D eigenvalue weighted by Crippen LogP contribution is 2.08. The standard InChI is InChI=1S/C9H19NO/c1-4-7-8-9(5-2)11-10-6-3/h6,9H,4-5,7-8H2,1-3H3/b10-6+/t9-/m0/s1. The predicted molar refractivity (Wildman–Crippen MR) is 48.9 cm³/mol. The van der Waals surface area contributed by atoms with E-state index in [2.05, 4.69) is 19.0 Å². The molecule has 0 radical (unpaired) electrons. The summed E-state index contributed by atoms with van der Waals surface area (Å²) in [5.41, 5.74) is 0. The zero-order chi connectivity index (χ0) is 8.53. The van der Waals surface area contributed by atoms with Crippen LogP contribution in [-0.4, -0.2) is 12.3 Å². The first-order valence-corrected chi connectivity index (χ1v) is 4.48. The van der Waals surface area contributed by atoms with Gasteiger partial charge in [-0.3, -0.25) is 0 Å². The van der Waals surface area contributed by atoms with Crippen LogP contribution in [-0.2, 0) is 4.84 Å². The number of oxime groups is 1. The van der Waals surface area contributed by atoms with E-state index in [-0.39, 0.29) is 0 Å². The molecule has 0 bridgehead atoms. The maximum absolute atomic E-state index is 5.21. The molecule has 0 aromatic carbocycles. The zero-order valence-corrected chi connectivity index (χ0v) is 7.84. The molecule has 11 heavy (non-hydrogen) atoms. The van der Waals surface area contributed by atoms with Crippen molar-refractivity contribution in [3.05, 3.63) is 0 Å². The monoisotopic (exact) mass is 157 g/mol. The summed E-state index contributed by atoms with van der Waals surface area (Å²) in [6, 6.07) is 0. The highest BCUT2D eigenvalue weighted by molar-refractivity contribution is 5.52.